The molecule has 2 atom stereocenters. The summed E-state index contributed by atoms with van der Waals surface area (Å²) in [5.74, 6) is -1.11. The molecular weight excluding hydrogens is 645 g/mol. The minimum Gasteiger partial charge on any atom is -0.466 e. The molecule has 6 rings (SSSR count). The summed E-state index contributed by atoms with van der Waals surface area (Å²) >= 11 is 9.16. The number of benzene rings is 1. The number of piperazine rings is 1. The maximum Gasteiger partial charge on any atom is 0.338 e. The summed E-state index contributed by atoms with van der Waals surface area (Å²) in [5.41, 5.74) is 1.27. The van der Waals surface area contributed by atoms with Gasteiger partial charge in [-0.05, 0) is 18.2 Å². The molecule has 0 bridgehead atoms. The van der Waals surface area contributed by atoms with E-state index in [2.05, 4.69) is 24.9 Å². The van der Waals surface area contributed by atoms with E-state index in [4.69, 9.17) is 21.3 Å². The minimum atomic E-state index is -0.863. The van der Waals surface area contributed by atoms with Gasteiger partial charge in [0, 0.05) is 71.2 Å². The fourth-order valence-electron chi connectivity index (χ4n) is 5.46. The van der Waals surface area contributed by atoms with Crippen molar-refractivity contribution in [3.05, 3.63) is 79.6 Å². The highest BCUT2D eigenvalue weighted by atomic mass is 35.5. The average Bonchev–Trinajstić information content (AvgIpc) is 3.80. The fraction of sp³-hybridized carbons (Fsp3) is 0.310. The van der Waals surface area contributed by atoms with Gasteiger partial charge in [-0.3, -0.25) is 14.8 Å². The van der Waals surface area contributed by atoms with Crippen LogP contribution in [0.1, 0.15) is 21.5 Å². The zero-order valence-corrected chi connectivity index (χ0v) is 26.5. The standard InChI is InChI=1S/C29H27ClFN7O5S2/c1-42-22(39)6-4-18-12-33-28(45-18)38-14-17-13-36(8-9-37(17)29(38)41)15-21-23(27(40)43-2)24(19-5-3-16(31)11-20(19)30)35-25(34-21)26-32-7-10-44-26/h3-7,10-12,17,24H,8-9,13-15H2,1-2H3,(H,34,35)/b6-4+/t17-,24-/m0/s1. The number of nitrogens with one attached hydrogen (secondary N) is 1. The topological polar surface area (TPSA) is 130 Å². The molecule has 2 aromatic heterocycles. The van der Waals surface area contributed by atoms with Crippen molar-refractivity contribution >= 4 is 69.3 Å². The smallest absolute Gasteiger partial charge is 0.338 e. The van der Waals surface area contributed by atoms with Gasteiger partial charge in [-0.1, -0.05) is 29.0 Å². The van der Waals surface area contributed by atoms with E-state index in [0.717, 1.165) is 0 Å². The third-order valence-corrected chi connectivity index (χ3v) is 9.66. The Balaban J connectivity index is 1.25. The quantitative estimate of drug-likeness (QED) is 0.281. The van der Waals surface area contributed by atoms with E-state index in [1.807, 2.05) is 10.3 Å². The molecule has 0 saturated carbocycles. The van der Waals surface area contributed by atoms with Crippen LogP contribution in [-0.2, 0) is 19.1 Å². The number of hydrogen-bond acceptors (Lipinski definition) is 12. The lowest BCUT2D eigenvalue weighted by molar-refractivity contribution is -0.136. The number of urea groups is 1. The van der Waals surface area contributed by atoms with E-state index in [9.17, 15) is 18.8 Å². The van der Waals surface area contributed by atoms with Gasteiger partial charge in [0.15, 0.2) is 16.0 Å². The number of esters is 2. The molecule has 1 N–H and O–H groups in total. The molecule has 5 heterocycles. The van der Waals surface area contributed by atoms with E-state index in [1.54, 1.807) is 23.4 Å². The number of methoxy groups -OCH3 is 2. The summed E-state index contributed by atoms with van der Waals surface area (Å²) in [5, 5.41) is 6.42. The number of hydrogen-bond donors (Lipinski definition) is 1. The highest BCUT2D eigenvalue weighted by Gasteiger charge is 2.43. The predicted molar refractivity (Wildman–Crippen MR) is 168 cm³/mol. The van der Waals surface area contributed by atoms with Crippen LogP contribution in [0, 0.1) is 5.82 Å². The van der Waals surface area contributed by atoms with Crippen molar-refractivity contribution in [2.24, 2.45) is 4.99 Å². The molecule has 3 aliphatic heterocycles. The molecule has 12 nitrogen and oxygen atoms in total. The Kier molecular flexibility index (Phi) is 8.94. The molecule has 3 aliphatic rings. The number of aromatic nitrogens is 2. The van der Waals surface area contributed by atoms with Gasteiger partial charge >= 0.3 is 18.0 Å². The largest absolute Gasteiger partial charge is 0.466 e. The number of ether oxygens (including phenoxy) is 2. The molecule has 2 fully saturated rings. The Labute approximate surface area is 270 Å². The van der Waals surface area contributed by atoms with Crippen LogP contribution in [0.3, 0.4) is 0 Å². The summed E-state index contributed by atoms with van der Waals surface area (Å²) in [7, 11) is 2.60. The van der Waals surface area contributed by atoms with Crippen LogP contribution in [0.2, 0.25) is 5.02 Å². The van der Waals surface area contributed by atoms with Crippen molar-refractivity contribution in [1.82, 2.24) is 25.1 Å². The third kappa shape index (κ3) is 6.33. The van der Waals surface area contributed by atoms with Gasteiger partial charge in [0.2, 0.25) is 0 Å². The van der Waals surface area contributed by atoms with Crippen LogP contribution in [0.25, 0.3) is 6.08 Å². The van der Waals surface area contributed by atoms with Crippen LogP contribution in [0.4, 0.5) is 14.3 Å². The maximum absolute atomic E-state index is 14.0. The zero-order chi connectivity index (χ0) is 31.7. The first kappa shape index (κ1) is 30.8. The van der Waals surface area contributed by atoms with Crippen LogP contribution in [0.15, 0.2) is 58.3 Å². The van der Waals surface area contributed by atoms with Crippen molar-refractivity contribution < 1.29 is 28.2 Å². The number of rotatable bonds is 8. The number of amides is 2. The maximum atomic E-state index is 14.0. The number of thiazole rings is 2. The summed E-state index contributed by atoms with van der Waals surface area (Å²) in [6.45, 7) is 2.31. The van der Waals surface area contributed by atoms with Gasteiger partial charge in [0.25, 0.3) is 0 Å². The van der Waals surface area contributed by atoms with Crippen molar-refractivity contribution in [2.75, 3.05) is 51.8 Å². The van der Waals surface area contributed by atoms with Gasteiger partial charge < -0.3 is 19.7 Å². The molecular formula is C29H27ClFN7O5S2. The number of halogens is 2. The number of carbonyl (C=O) groups is 3. The Morgan fingerprint density at radius 1 is 1.20 bits per heavy atom. The van der Waals surface area contributed by atoms with E-state index < -0.39 is 23.8 Å². The van der Waals surface area contributed by atoms with Gasteiger partial charge in [-0.25, -0.2) is 28.7 Å². The molecule has 234 valence electrons. The minimum absolute atomic E-state index is 0.121. The van der Waals surface area contributed by atoms with Crippen molar-refractivity contribution in [1.29, 1.82) is 0 Å². The summed E-state index contributed by atoms with van der Waals surface area (Å²) in [4.78, 5) is 58.0. The summed E-state index contributed by atoms with van der Waals surface area (Å²) in [6, 6.07) is 2.87. The van der Waals surface area contributed by atoms with Gasteiger partial charge in [0.05, 0.1) is 32.4 Å². The molecule has 16 heteroatoms. The van der Waals surface area contributed by atoms with Gasteiger partial charge in [-0.15, -0.1) is 11.3 Å². The van der Waals surface area contributed by atoms with E-state index in [0.29, 0.717) is 64.8 Å². The van der Waals surface area contributed by atoms with E-state index in [1.165, 1.54) is 61.2 Å². The molecule has 0 radical (unpaired) electrons. The first-order valence-corrected chi connectivity index (χ1v) is 15.9. The second kappa shape index (κ2) is 13.0. The first-order valence-electron chi connectivity index (χ1n) is 13.8. The zero-order valence-electron chi connectivity index (χ0n) is 24.1. The molecule has 2 saturated heterocycles. The van der Waals surface area contributed by atoms with Crippen LogP contribution in [0.5, 0.6) is 0 Å². The average molecular weight is 672 g/mol. The lowest BCUT2D eigenvalue weighted by Gasteiger charge is -2.38. The number of nitrogens with zero attached hydrogens (tertiary/aromatic N) is 6. The van der Waals surface area contributed by atoms with Crippen LogP contribution in [-0.4, -0.2) is 96.6 Å². The van der Waals surface area contributed by atoms with Crippen molar-refractivity contribution in [3.8, 4) is 0 Å². The van der Waals surface area contributed by atoms with Gasteiger partial charge in [-0.2, -0.15) is 0 Å². The highest BCUT2D eigenvalue weighted by molar-refractivity contribution is 7.16. The van der Waals surface area contributed by atoms with E-state index in [-0.39, 0.29) is 22.7 Å². The third-order valence-electron chi connectivity index (χ3n) is 7.57. The Morgan fingerprint density at radius 2 is 2.04 bits per heavy atom. The van der Waals surface area contributed by atoms with Gasteiger partial charge in [0.1, 0.15) is 11.9 Å². The molecule has 0 aliphatic carbocycles. The first-order chi connectivity index (χ1) is 21.7. The van der Waals surface area contributed by atoms with Crippen molar-refractivity contribution in [2.45, 2.75) is 12.1 Å². The second-order valence-electron chi connectivity index (χ2n) is 10.3. The lowest BCUT2D eigenvalue weighted by Crippen LogP contribution is -2.53. The number of aliphatic imine (C=N–C) groups is 1. The number of fused-ring (bicyclic) bond motifs is 1. The Bertz CT molecular complexity index is 1730. The Hall–Kier alpha value is -4.18. The Morgan fingerprint density at radius 3 is 2.78 bits per heavy atom. The van der Waals surface area contributed by atoms with Crippen LogP contribution < -0.4 is 10.2 Å². The predicted octanol–water partition coefficient (Wildman–Crippen LogP) is 3.72. The number of amidine groups is 1. The number of carbonyl (C=O) groups excluding carboxylic acids is 3. The van der Waals surface area contributed by atoms with Crippen LogP contribution >= 0.6 is 34.3 Å². The molecule has 2 amide bonds. The fourth-order valence-corrected chi connectivity index (χ4v) is 7.14. The molecule has 1 aromatic carbocycles. The van der Waals surface area contributed by atoms with Crippen molar-refractivity contribution in [3.63, 3.8) is 0 Å². The highest BCUT2D eigenvalue weighted by Crippen LogP contribution is 2.37. The number of anilines is 1. The molecule has 0 spiro atoms. The summed E-state index contributed by atoms with van der Waals surface area (Å²) in [6.07, 6.45) is 6.17. The SMILES string of the molecule is COC(=O)/C=C/c1cnc(N2C[C@@H]3CN(CC4=C(C(=O)OC)[C@H](c5ccc(F)cc5Cl)N=C(c5nccs5)N4)CCN3C2=O)s1. The monoisotopic (exact) mass is 671 g/mol. The molecule has 45 heavy (non-hydrogen) atoms. The normalized spacial score (nSPS) is 20.4. The molecule has 3 aromatic rings. The van der Waals surface area contributed by atoms with E-state index >= 15 is 0 Å². The second-order valence-corrected chi connectivity index (χ2v) is 12.6. The molecule has 0 unspecified atom stereocenters. The summed E-state index contributed by atoms with van der Waals surface area (Å²) < 4.78 is 23.8. The lowest BCUT2D eigenvalue weighted by atomic mass is 9.95.